The van der Waals surface area contributed by atoms with Crippen molar-refractivity contribution in [2.24, 2.45) is 11.8 Å². The molecule has 5 aromatic rings. The van der Waals surface area contributed by atoms with Crippen molar-refractivity contribution in [1.29, 1.82) is 0 Å². The number of fused-ring (bicyclic) bond motifs is 3. The van der Waals surface area contributed by atoms with E-state index in [4.69, 9.17) is 19.4 Å². The quantitative estimate of drug-likeness (QED) is 0.102. The zero-order valence-corrected chi connectivity index (χ0v) is 37.7. The number of alkyl carbamates (subject to hydrolysis) is 2. The summed E-state index contributed by atoms with van der Waals surface area (Å²) < 4.78 is 9.62. The first-order chi connectivity index (χ1) is 30.9. The van der Waals surface area contributed by atoms with E-state index in [-0.39, 0.29) is 35.7 Å². The number of H-pyrrole nitrogens is 2. The van der Waals surface area contributed by atoms with Gasteiger partial charge in [-0.1, -0.05) is 70.2 Å². The maximum absolute atomic E-state index is 13.8. The molecule has 4 atom stereocenters. The van der Waals surface area contributed by atoms with Gasteiger partial charge in [-0.2, -0.15) is 0 Å². The number of nitrogens with one attached hydrogen (secondary N) is 4. The second-order valence-corrected chi connectivity index (χ2v) is 18.7. The monoisotopic (exact) mass is 868 g/mol. The van der Waals surface area contributed by atoms with E-state index in [1.165, 1.54) is 67.7 Å². The Morgan fingerprint density at radius 1 is 0.641 bits per heavy atom. The second-order valence-electron chi connectivity index (χ2n) is 18.7. The van der Waals surface area contributed by atoms with Crippen LogP contribution in [0.4, 0.5) is 9.59 Å². The number of ether oxygens (including phenoxy) is 2. The largest absolute Gasteiger partial charge is 0.453 e. The van der Waals surface area contributed by atoms with Crippen LogP contribution in [0.3, 0.4) is 0 Å². The van der Waals surface area contributed by atoms with Gasteiger partial charge in [0.1, 0.15) is 23.7 Å². The van der Waals surface area contributed by atoms with Crippen molar-refractivity contribution in [1.82, 2.24) is 40.4 Å². The lowest BCUT2D eigenvalue weighted by atomic mass is 9.63. The number of hydrogen-bond acceptors (Lipinski definition) is 8. The Balaban J connectivity index is 0.963. The van der Waals surface area contributed by atoms with Gasteiger partial charge in [0, 0.05) is 13.1 Å². The number of rotatable bonds is 11. The predicted molar refractivity (Wildman–Crippen MR) is 244 cm³/mol. The molecule has 5 aliphatic rings. The Hall–Kier alpha value is -6.18. The molecular formula is C50H60N8O6. The summed E-state index contributed by atoms with van der Waals surface area (Å²) in [7, 11) is 2.61. The fourth-order valence-corrected chi connectivity index (χ4v) is 10.9. The van der Waals surface area contributed by atoms with Crippen molar-refractivity contribution in [2.45, 2.75) is 115 Å². The summed E-state index contributed by atoms with van der Waals surface area (Å²) in [6.45, 7) is 8.89. The van der Waals surface area contributed by atoms with Crippen LogP contribution in [0.15, 0.2) is 60.8 Å². The molecule has 1 unspecified atom stereocenters. The van der Waals surface area contributed by atoms with E-state index in [0.717, 1.165) is 65.2 Å². The Bertz CT molecular complexity index is 2550. The number of likely N-dealkylation sites (tertiary alicyclic amines) is 2. The topological polar surface area (TPSA) is 175 Å². The molecule has 0 spiro atoms. The Labute approximate surface area is 374 Å². The molecule has 14 nitrogen and oxygen atoms in total. The third-order valence-electron chi connectivity index (χ3n) is 14.2. The molecular weight excluding hydrogens is 809 g/mol. The smallest absolute Gasteiger partial charge is 0.407 e. The highest BCUT2D eigenvalue weighted by atomic mass is 16.5. The van der Waals surface area contributed by atoms with Crippen molar-refractivity contribution in [2.75, 3.05) is 27.3 Å². The molecule has 4 amide bonds. The van der Waals surface area contributed by atoms with Gasteiger partial charge in [-0.3, -0.25) is 9.59 Å². The number of imidazole rings is 2. The second kappa shape index (κ2) is 17.8. The van der Waals surface area contributed by atoms with Gasteiger partial charge in [0.15, 0.2) is 0 Å². The van der Waals surface area contributed by atoms with E-state index in [9.17, 15) is 19.2 Å². The summed E-state index contributed by atoms with van der Waals surface area (Å²) in [6.07, 6.45) is 8.72. The van der Waals surface area contributed by atoms with Crippen molar-refractivity contribution >= 4 is 35.0 Å². The van der Waals surface area contributed by atoms with Crippen LogP contribution >= 0.6 is 0 Å². The maximum Gasteiger partial charge on any atom is 0.407 e. The normalized spacial score (nSPS) is 21.3. The van der Waals surface area contributed by atoms with E-state index in [0.29, 0.717) is 24.9 Å². The molecule has 3 aliphatic carbocycles. The number of aromatic amines is 2. The molecule has 10 rings (SSSR count). The van der Waals surface area contributed by atoms with Crippen molar-refractivity contribution in [3.8, 4) is 33.5 Å². The van der Waals surface area contributed by atoms with Crippen LogP contribution in [-0.4, -0.2) is 93.1 Å². The van der Waals surface area contributed by atoms with Crippen LogP contribution < -0.4 is 10.6 Å². The number of benzene rings is 3. The van der Waals surface area contributed by atoms with E-state index in [2.05, 4.69) is 75.2 Å². The van der Waals surface area contributed by atoms with E-state index in [1.807, 2.05) is 43.7 Å². The van der Waals surface area contributed by atoms with Gasteiger partial charge in [0.05, 0.1) is 49.2 Å². The highest BCUT2D eigenvalue weighted by molar-refractivity contribution is 5.89. The Morgan fingerprint density at radius 3 is 1.67 bits per heavy atom. The molecule has 336 valence electrons. The Morgan fingerprint density at radius 2 is 1.14 bits per heavy atom. The summed E-state index contributed by atoms with van der Waals surface area (Å²) in [5.41, 5.74) is 11.6. The molecule has 3 aromatic carbocycles. The van der Waals surface area contributed by atoms with Crippen LogP contribution in [0.5, 0.6) is 0 Å². The average Bonchev–Trinajstić information content (AvgIpc) is 4.16. The summed E-state index contributed by atoms with van der Waals surface area (Å²) in [6, 6.07) is 18.1. The molecule has 2 aliphatic heterocycles. The highest BCUT2D eigenvalue weighted by Crippen LogP contribution is 2.55. The SMILES string of the molecule is COC(=O)NC(C(=O)N1CCC[C@H]1c1nc2ccc(-c3ccc(-c4ccc(-c5cnc([C@@H]6CCCN6C(=O)[C@@H](NC(=O)OC)C(C)C)[nH]5)cc4)c4c3C3CCC4CC3)cc2[nH]1)C(C)C. The van der Waals surface area contributed by atoms with Gasteiger partial charge >= 0.3 is 12.2 Å². The number of methoxy groups -OCH3 is 2. The van der Waals surface area contributed by atoms with Gasteiger partial charge in [-0.05, 0) is 126 Å². The summed E-state index contributed by atoms with van der Waals surface area (Å²) in [5, 5.41) is 5.47. The molecule has 2 aromatic heterocycles. The van der Waals surface area contributed by atoms with Crippen LogP contribution in [-0.2, 0) is 19.1 Å². The number of nitrogens with zero attached hydrogens (tertiary/aromatic N) is 4. The van der Waals surface area contributed by atoms with Gasteiger partial charge in [0.2, 0.25) is 11.8 Å². The average molecular weight is 869 g/mol. The summed E-state index contributed by atoms with van der Waals surface area (Å²) in [5.74, 6) is 2.08. The first-order valence-corrected chi connectivity index (χ1v) is 23.1. The van der Waals surface area contributed by atoms with Crippen LogP contribution in [0, 0.1) is 11.8 Å². The lowest BCUT2D eigenvalue weighted by Gasteiger charge is -2.41. The zero-order valence-electron chi connectivity index (χ0n) is 37.7. The molecule has 3 fully saturated rings. The van der Waals surface area contributed by atoms with Crippen LogP contribution in [0.25, 0.3) is 44.5 Å². The molecule has 64 heavy (non-hydrogen) atoms. The Kier molecular flexibility index (Phi) is 12.0. The minimum Gasteiger partial charge on any atom is -0.453 e. The molecule has 4 N–H and O–H groups in total. The van der Waals surface area contributed by atoms with Crippen LogP contribution in [0.2, 0.25) is 0 Å². The highest BCUT2D eigenvalue weighted by Gasteiger charge is 2.40. The van der Waals surface area contributed by atoms with Crippen LogP contribution in [0.1, 0.15) is 126 Å². The molecule has 1 saturated carbocycles. The predicted octanol–water partition coefficient (Wildman–Crippen LogP) is 9.13. The van der Waals surface area contributed by atoms with Crippen molar-refractivity contribution in [3.63, 3.8) is 0 Å². The fraction of sp³-hybridized carbons (Fsp3) is 0.480. The first-order valence-electron chi connectivity index (χ1n) is 23.1. The minimum absolute atomic E-state index is 0.103. The third-order valence-corrected chi connectivity index (χ3v) is 14.2. The zero-order chi connectivity index (χ0) is 44.8. The molecule has 4 heterocycles. The van der Waals surface area contributed by atoms with Crippen molar-refractivity contribution < 1.29 is 28.7 Å². The molecule has 14 heteroatoms. The van der Waals surface area contributed by atoms with E-state index < -0.39 is 24.3 Å². The summed E-state index contributed by atoms with van der Waals surface area (Å²) >= 11 is 0. The van der Waals surface area contributed by atoms with Crippen molar-refractivity contribution in [3.05, 3.63) is 83.6 Å². The maximum atomic E-state index is 13.8. The number of aromatic nitrogens is 4. The number of amides is 4. The third kappa shape index (κ3) is 8.00. The van der Waals surface area contributed by atoms with Gasteiger partial charge in [-0.15, -0.1) is 0 Å². The summed E-state index contributed by atoms with van der Waals surface area (Å²) in [4.78, 5) is 72.3. The van der Waals surface area contributed by atoms with E-state index in [1.54, 1.807) is 0 Å². The van der Waals surface area contributed by atoms with E-state index >= 15 is 0 Å². The first kappa shape index (κ1) is 43.1. The van der Waals surface area contributed by atoms with Gasteiger partial charge in [-0.25, -0.2) is 19.6 Å². The molecule has 2 bridgehead atoms. The molecule has 0 radical (unpaired) electrons. The van der Waals surface area contributed by atoms with Gasteiger partial charge < -0.3 is 39.9 Å². The standard InChI is InChI=1S/C50H60N8O6/c1-27(2)43(55-49(61)63-5)47(59)57-23-7-9-39(57)45-51-26-38(54-45)30-13-11-29(12-14-30)34-20-21-35(42-32-17-15-31(16-18-32)41(34)42)33-19-22-36-37(25-33)53-46(52-36)40-10-8-24-58(40)48(60)44(28(3)4)56-50(62)64-6/h11-14,19-22,25-28,31-32,39-40,43-44H,7-10,15-18,23-24H2,1-6H3,(H,51,54)(H,52,53)(H,55,61)(H,56,62)/t31?,32?,39-,40-,43-,44?/m0/s1. The fourth-order valence-electron chi connectivity index (χ4n) is 10.9. The lowest BCUT2D eigenvalue weighted by molar-refractivity contribution is -0.136. The minimum atomic E-state index is -0.687. The number of carbonyl (C=O) groups is 4. The number of carbonyl (C=O) groups excluding carboxylic acids is 4. The molecule has 2 saturated heterocycles. The number of hydrogen-bond donors (Lipinski definition) is 4. The van der Waals surface area contributed by atoms with Gasteiger partial charge in [0.25, 0.3) is 0 Å². The lowest BCUT2D eigenvalue weighted by Crippen LogP contribution is -2.51.